The van der Waals surface area contributed by atoms with Crippen LogP contribution in [0.25, 0.3) is 11.1 Å². The molecule has 0 unspecified atom stereocenters. The van der Waals surface area contributed by atoms with Gasteiger partial charge in [-0.15, -0.1) is 11.3 Å². The fraction of sp³-hybridized carbons (Fsp3) is 0.308. The van der Waals surface area contributed by atoms with Gasteiger partial charge in [-0.1, -0.05) is 48.5 Å². The number of rotatable bonds is 9. The molecule has 0 saturated carbocycles. The zero-order chi connectivity index (χ0) is 25.0. The van der Waals surface area contributed by atoms with E-state index in [-0.39, 0.29) is 31.3 Å². The highest BCUT2D eigenvalue weighted by Crippen LogP contribution is 2.44. The lowest BCUT2D eigenvalue weighted by Crippen LogP contribution is -2.44. The van der Waals surface area contributed by atoms with E-state index in [4.69, 9.17) is 9.84 Å². The highest BCUT2D eigenvalue weighted by Gasteiger charge is 2.29. The Balaban J connectivity index is 1.30. The first-order valence-corrected chi connectivity index (χ1v) is 12.2. The second-order valence-corrected chi connectivity index (χ2v) is 9.96. The van der Waals surface area contributed by atoms with Crippen LogP contribution < -0.4 is 10.6 Å². The molecule has 2 amide bonds. The predicted molar refractivity (Wildman–Crippen MR) is 134 cm³/mol. The Morgan fingerprint density at radius 3 is 2.31 bits per heavy atom. The summed E-state index contributed by atoms with van der Waals surface area (Å²) in [5, 5.41) is 16.3. The molecular formula is C26H27N3O5S. The van der Waals surface area contributed by atoms with Crippen LogP contribution in [0.2, 0.25) is 0 Å². The normalized spacial score (nSPS) is 12.5. The molecule has 0 saturated heterocycles. The van der Waals surface area contributed by atoms with E-state index in [0.717, 1.165) is 22.3 Å². The molecule has 3 aromatic rings. The van der Waals surface area contributed by atoms with Gasteiger partial charge in [0.05, 0.1) is 12.1 Å². The minimum atomic E-state index is -0.907. The Hall–Kier alpha value is -3.72. The summed E-state index contributed by atoms with van der Waals surface area (Å²) in [5.41, 5.74) is 4.45. The smallest absolute Gasteiger partial charge is 0.413 e. The molecule has 1 aromatic heterocycles. The fourth-order valence-electron chi connectivity index (χ4n) is 4.24. The highest BCUT2D eigenvalue weighted by atomic mass is 32.1. The minimum absolute atomic E-state index is 0.0272. The van der Waals surface area contributed by atoms with Crippen LogP contribution >= 0.6 is 11.3 Å². The van der Waals surface area contributed by atoms with E-state index in [1.165, 1.54) is 11.3 Å². The standard InChI is InChI=1S/C26H27N3O5S/c1-26(2,12-11-23(31)32)29-22(30)13-16-15-35-24(27-16)28-25(33)34-14-21-19-9-5-3-7-17(19)18-8-4-6-10-20(18)21/h3-10,15,21H,11-14H2,1-2H3,(H,29,30)(H,31,32)(H,27,28,33). The molecule has 0 aliphatic heterocycles. The molecule has 3 N–H and O–H groups in total. The molecule has 0 atom stereocenters. The lowest BCUT2D eigenvalue weighted by atomic mass is 9.98. The number of nitrogens with one attached hydrogen (secondary N) is 2. The number of carbonyl (C=O) groups excluding carboxylic acids is 2. The zero-order valence-corrected chi connectivity index (χ0v) is 20.4. The Labute approximate surface area is 207 Å². The molecule has 0 bridgehead atoms. The summed E-state index contributed by atoms with van der Waals surface area (Å²) in [6.45, 7) is 3.75. The van der Waals surface area contributed by atoms with E-state index in [1.54, 1.807) is 19.2 Å². The van der Waals surface area contributed by atoms with E-state index in [9.17, 15) is 14.4 Å². The number of hydrogen-bond donors (Lipinski definition) is 3. The van der Waals surface area contributed by atoms with Gasteiger partial charge in [0.1, 0.15) is 6.61 Å². The van der Waals surface area contributed by atoms with Crippen LogP contribution in [0, 0.1) is 0 Å². The molecule has 9 heteroatoms. The van der Waals surface area contributed by atoms with E-state index >= 15 is 0 Å². The molecule has 2 aromatic carbocycles. The van der Waals surface area contributed by atoms with Crippen molar-refractivity contribution in [1.29, 1.82) is 0 Å². The number of thiazole rings is 1. The van der Waals surface area contributed by atoms with Crippen LogP contribution in [0.5, 0.6) is 0 Å². The van der Waals surface area contributed by atoms with Gasteiger partial charge in [0.25, 0.3) is 0 Å². The fourth-order valence-corrected chi connectivity index (χ4v) is 4.93. The van der Waals surface area contributed by atoms with E-state index in [2.05, 4.69) is 39.9 Å². The van der Waals surface area contributed by atoms with E-state index in [0.29, 0.717) is 17.2 Å². The average molecular weight is 494 g/mol. The average Bonchev–Trinajstić information content (AvgIpc) is 3.37. The third kappa shape index (κ3) is 6.05. The summed E-state index contributed by atoms with van der Waals surface area (Å²) in [5.74, 6) is -1.21. The van der Waals surface area contributed by atoms with Crippen molar-refractivity contribution in [2.75, 3.05) is 11.9 Å². The Morgan fingerprint density at radius 2 is 1.69 bits per heavy atom. The van der Waals surface area contributed by atoms with Crippen LogP contribution in [-0.4, -0.2) is 40.2 Å². The number of aliphatic carboxylic acids is 1. The monoisotopic (exact) mass is 493 g/mol. The first kappa shape index (κ1) is 24.4. The number of carboxylic acids is 1. The van der Waals surface area contributed by atoms with Gasteiger partial charge in [-0.2, -0.15) is 0 Å². The first-order chi connectivity index (χ1) is 16.7. The van der Waals surface area contributed by atoms with Gasteiger partial charge >= 0.3 is 12.1 Å². The van der Waals surface area contributed by atoms with Crippen molar-refractivity contribution in [2.45, 2.75) is 44.6 Å². The van der Waals surface area contributed by atoms with Gasteiger partial charge in [-0.3, -0.25) is 14.9 Å². The van der Waals surface area contributed by atoms with Crippen molar-refractivity contribution >= 4 is 34.4 Å². The van der Waals surface area contributed by atoms with Crippen molar-refractivity contribution in [1.82, 2.24) is 10.3 Å². The highest BCUT2D eigenvalue weighted by molar-refractivity contribution is 7.13. The maximum atomic E-state index is 12.4. The quantitative estimate of drug-likeness (QED) is 0.394. The van der Waals surface area contributed by atoms with Crippen molar-refractivity contribution in [3.63, 3.8) is 0 Å². The van der Waals surface area contributed by atoms with Gasteiger partial charge < -0.3 is 15.2 Å². The second-order valence-electron chi connectivity index (χ2n) is 9.10. The van der Waals surface area contributed by atoms with E-state index < -0.39 is 17.6 Å². The molecule has 0 radical (unpaired) electrons. The first-order valence-electron chi connectivity index (χ1n) is 11.3. The topological polar surface area (TPSA) is 118 Å². The molecule has 0 spiro atoms. The number of carboxylic acid groups (broad SMARTS) is 1. The van der Waals surface area contributed by atoms with Gasteiger partial charge in [-0.25, -0.2) is 9.78 Å². The number of amides is 2. The minimum Gasteiger partial charge on any atom is -0.481 e. The lowest BCUT2D eigenvalue weighted by molar-refractivity contribution is -0.137. The molecule has 182 valence electrons. The van der Waals surface area contributed by atoms with Crippen LogP contribution in [0.3, 0.4) is 0 Å². The summed E-state index contributed by atoms with van der Waals surface area (Å²) in [6, 6.07) is 16.2. The summed E-state index contributed by atoms with van der Waals surface area (Å²) in [7, 11) is 0. The largest absolute Gasteiger partial charge is 0.481 e. The van der Waals surface area contributed by atoms with Gasteiger partial charge in [0.2, 0.25) is 5.91 Å². The molecule has 0 fully saturated rings. The summed E-state index contributed by atoms with van der Waals surface area (Å²) < 4.78 is 5.54. The molecule has 1 heterocycles. The second kappa shape index (κ2) is 10.3. The lowest BCUT2D eigenvalue weighted by Gasteiger charge is -2.25. The Morgan fingerprint density at radius 1 is 1.06 bits per heavy atom. The number of benzene rings is 2. The van der Waals surface area contributed by atoms with Gasteiger partial charge in [0.15, 0.2) is 5.13 Å². The number of anilines is 1. The van der Waals surface area contributed by atoms with Gasteiger partial charge in [-0.05, 0) is 42.5 Å². The van der Waals surface area contributed by atoms with Gasteiger partial charge in [0, 0.05) is 23.3 Å². The van der Waals surface area contributed by atoms with Crippen molar-refractivity contribution in [2.24, 2.45) is 0 Å². The van der Waals surface area contributed by atoms with Crippen LogP contribution in [0.1, 0.15) is 49.4 Å². The van der Waals surface area contributed by atoms with Crippen molar-refractivity contribution < 1.29 is 24.2 Å². The number of fused-ring (bicyclic) bond motifs is 3. The van der Waals surface area contributed by atoms with Crippen molar-refractivity contribution in [3.8, 4) is 11.1 Å². The van der Waals surface area contributed by atoms with Crippen LogP contribution in [-0.2, 0) is 20.7 Å². The number of carbonyl (C=O) groups is 3. The summed E-state index contributed by atoms with van der Waals surface area (Å²) in [6.07, 6.45) is -0.288. The van der Waals surface area contributed by atoms with Crippen LogP contribution in [0.15, 0.2) is 53.9 Å². The van der Waals surface area contributed by atoms with Crippen LogP contribution in [0.4, 0.5) is 9.93 Å². The summed E-state index contributed by atoms with van der Waals surface area (Å²) in [4.78, 5) is 39.9. The maximum absolute atomic E-state index is 12.4. The Kier molecular flexibility index (Phi) is 7.16. The molecule has 1 aliphatic rings. The summed E-state index contributed by atoms with van der Waals surface area (Å²) >= 11 is 1.21. The Bertz CT molecular complexity index is 1210. The third-order valence-corrected chi connectivity index (χ3v) is 6.69. The van der Waals surface area contributed by atoms with E-state index in [1.807, 2.05) is 24.3 Å². The molecule has 8 nitrogen and oxygen atoms in total. The molecule has 35 heavy (non-hydrogen) atoms. The zero-order valence-electron chi connectivity index (χ0n) is 19.5. The number of ether oxygens (including phenoxy) is 1. The third-order valence-electron chi connectivity index (χ3n) is 5.89. The van der Waals surface area contributed by atoms with Crippen molar-refractivity contribution in [3.05, 3.63) is 70.7 Å². The number of nitrogens with zero attached hydrogens (tertiary/aromatic N) is 1. The number of aromatic nitrogens is 1. The predicted octanol–water partition coefficient (Wildman–Crippen LogP) is 4.81. The molecule has 4 rings (SSSR count). The maximum Gasteiger partial charge on any atom is 0.413 e. The number of hydrogen-bond acceptors (Lipinski definition) is 6. The molecule has 1 aliphatic carbocycles. The SMILES string of the molecule is CC(C)(CCC(=O)O)NC(=O)Cc1csc(NC(=O)OCC2c3ccccc3-c3ccccc32)n1. The molecular weight excluding hydrogens is 466 g/mol.